The maximum atomic E-state index is 12.5. The van der Waals surface area contributed by atoms with Gasteiger partial charge in [0.2, 0.25) is 0 Å². The Balaban J connectivity index is 1.74. The fourth-order valence-corrected chi connectivity index (χ4v) is 2.74. The first-order chi connectivity index (χ1) is 11.6. The highest BCUT2D eigenvalue weighted by Crippen LogP contribution is 2.21. The molecule has 3 rings (SSSR count). The van der Waals surface area contributed by atoms with Gasteiger partial charge in [-0.1, -0.05) is 18.2 Å². The van der Waals surface area contributed by atoms with Crippen LogP contribution in [0.15, 0.2) is 54.7 Å². The highest BCUT2D eigenvalue weighted by Gasteiger charge is 2.20. The van der Waals surface area contributed by atoms with Gasteiger partial charge in [-0.2, -0.15) is 0 Å². The number of aromatic nitrogens is 1. The van der Waals surface area contributed by atoms with E-state index < -0.39 is 12.1 Å². The Kier molecular flexibility index (Phi) is 4.53. The Morgan fingerprint density at radius 2 is 1.92 bits per heavy atom. The number of benzene rings is 2. The van der Waals surface area contributed by atoms with Crippen molar-refractivity contribution in [3.63, 3.8) is 0 Å². The van der Waals surface area contributed by atoms with Gasteiger partial charge in [-0.3, -0.25) is 4.79 Å². The predicted octanol–water partition coefficient (Wildman–Crippen LogP) is 3.03. The molecule has 3 aromatic rings. The quantitative estimate of drug-likeness (QED) is 0.675. The molecule has 0 bridgehead atoms. The molecular formula is C19H20N2O3. The normalized spacial score (nSPS) is 13.5. The average Bonchev–Trinajstić information content (AvgIpc) is 3.09. The number of H-pyrrole nitrogens is 1. The van der Waals surface area contributed by atoms with Crippen molar-refractivity contribution < 1.29 is 14.6 Å². The van der Waals surface area contributed by atoms with Crippen LogP contribution in [0.2, 0.25) is 0 Å². The molecule has 1 amide bonds. The van der Waals surface area contributed by atoms with Crippen molar-refractivity contribution in [2.45, 2.75) is 19.1 Å². The van der Waals surface area contributed by atoms with Crippen LogP contribution in [-0.2, 0) is 0 Å². The molecule has 2 atom stereocenters. The second-order valence-corrected chi connectivity index (χ2v) is 5.72. The van der Waals surface area contributed by atoms with Crippen molar-refractivity contribution in [2.75, 3.05) is 7.11 Å². The number of aromatic amines is 1. The fourth-order valence-electron chi connectivity index (χ4n) is 2.74. The molecule has 3 N–H and O–H groups in total. The summed E-state index contributed by atoms with van der Waals surface area (Å²) in [6.07, 6.45) is 1.00. The Labute approximate surface area is 140 Å². The van der Waals surface area contributed by atoms with Gasteiger partial charge in [-0.15, -0.1) is 0 Å². The van der Waals surface area contributed by atoms with Crippen LogP contribution in [0.5, 0.6) is 5.75 Å². The molecule has 0 spiro atoms. The van der Waals surface area contributed by atoms with Crippen LogP contribution in [-0.4, -0.2) is 29.1 Å². The molecule has 5 nitrogen and oxygen atoms in total. The van der Waals surface area contributed by atoms with Gasteiger partial charge in [0.15, 0.2) is 0 Å². The molecule has 24 heavy (non-hydrogen) atoms. The summed E-state index contributed by atoms with van der Waals surface area (Å²) in [7, 11) is 1.59. The molecule has 2 aromatic carbocycles. The smallest absolute Gasteiger partial charge is 0.252 e. The zero-order valence-corrected chi connectivity index (χ0v) is 13.6. The summed E-state index contributed by atoms with van der Waals surface area (Å²) < 4.78 is 5.11. The Hall–Kier alpha value is -2.79. The standard InChI is InChI=1S/C19H20N2O3/c1-12(18(22)13-6-8-14(24-2)9-7-13)21-19(23)16-4-3-5-17-15(16)10-11-20-17/h3-12,18,20,22H,1-2H3,(H,21,23). The van der Waals surface area contributed by atoms with E-state index in [4.69, 9.17) is 4.74 Å². The Morgan fingerprint density at radius 3 is 2.62 bits per heavy atom. The summed E-state index contributed by atoms with van der Waals surface area (Å²) in [6.45, 7) is 1.78. The first-order valence-corrected chi connectivity index (χ1v) is 7.79. The highest BCUT2D eigenvalue weighted by atomic mass is 16.5. The van der Waals surface area contributed by atoms with Crippen molar-refractivity contribution >= 4 is 16.8 Å². The molecule has 0 aliphatic heterocycles. The zero-order chi connectivity index (χ0) is 17.1. The number of aliphatic hydroxyl groups is 1. The minimum absolute atomic E-state index is 0.208. The molecule has 1 aromatic heterocycles. The van der Waals surface area contributed by atoms with Crippen molar-refractivity contribution in [1.29, 1.82) is 0 Å². The number of fused-ring (bicyclic) bond motifs is 1. The van der Waals surface area contributed by atoms with E-state index in [0.717, 1.165) is 22.2 Å². The van der Waals surface area contributed by atoms with E-state index in [9.17, 15) is 9.90 Å². The lowest BCUT2D eigenvalue weighted by atomic mass is 10.0. The minimum Gasteiger partial charge on any atom is -0.497 e. The maximum absolute atomic E-state index is 12.5. The van der Waals surface area contributed by atoms with Gasteiger partial charge in [0.05, 0.1) is 19.3 Å². The number of aliphatic hydroxyl groups excluding tert-OH is 1. The van der Waals surface area contributed by atoms with Crippen molar-refractivity contribution in [2.24, 2.45) is 0 Å². The number of methoxy groups -OCH3 is 1. The van der Waals surface area contributed by atoms with Crippen molar-refractivity contribution in [3.8, 4) is 5.75 Å². The van der Waals surface area contributed by atoms with Crippen LogP contribution >= 0.6 is 0 Å². The lowest BCUT2D eigenvalue weighted by Gasteiger charge is -2.21. The lowest BCUT2D eigenvalue weighted by molar-refractivity contribution is 0.0853. The van der Waals surface area contributed by atoms with E-state index in [-0.39, 0.29) is 5.91 Å². The summed E-state index contributed by atoms with van der Waals surface area (Å²) >= 11 is 0. The first kappa shape index (κ1) is 16.1. The number of rotatable bonds is 5. The Bertz CT molecular complexity index is 839. The minimum atomic E-state index is -0.801. The molecule has 124 valence electrons. The van der Waals surface area contributed by atoms with Gasteiger partial charge in [0.1, 0.15) is 5.75 Å². The second kappa shape index (κ2) is 6.76. The number of carbonyl (C=O) groups is 1. The van der Waals surface area contributed by atoms with E-state index in [0.29, 0.717) is 5.56 Å². The number of carbonyl (C=O) groups excluding carboxylic acids is 1. The van der Waals surface area contributed by atoms with Crippen molar-refractivity contribution in [1.82, 2.24) is 10.3 Å². The largest absolute Gasteiger partial charge is 0.497 e. The third kappa shape index (κ3) is 3.12. The summed E-state index contributed by atoms with van der Waals surface area (Å²) in [5, 5.41) is 14.2. The SMILES string of the molecule is COc1ccc(C(O)C(C)NC(=O)c2cccc3[nH]ccc23)cc1. The summed E-state index contributed by atoms with van der Waals surface area (Å²) in [5.41, 5.74) is 2.22. The molecule has 2 unspecified atom stereocenters. The van der Waals surface area contributed by atoms with Crippen LogP contribution in [0.4, 0.5) is 0 Å². The van der Waals surface area contributed by atoms with E-state index >= 15 is 0 Å². The second-order valence-electron chi connectivity index (χ2n) is 5.72. The molecule has 0 aliphatic rings. The number of hydrogen-bond acceptors (Lipinski definition) is 3. The number of nitrogens with one attached hydrogen (secondary N) is 2. The van der Waals surface area contributed by atoms with Gasteiger partial charge < -0.3 is 20.1 Å². The number of amides is 1. The van der Waals surface area contributed by atoms with Crippen LogP contribution in [0.3, 0.4) is 0 Å². The van der Waals surface area contributed by atoms with Gasteiger partial charge in [-0.05, 0) is 42.8 Å². The van der Waals surface area contributed by atoms with E-state index in [1.54, 1.807) is 50.6 Å². The van der Waals surface area contributed by atoms with Crippen molar-refractivity contribution in [3.05, 3.63) is 65.9 Å². The molecule has 0 saturated heterocycles. The highest BCUT2D eigenvalue weighted by molar-refractivity contribution is 6.06. The van der Waals surface area contributed by atoms with E-state index in [1.807, 2.05) is 18.2 Å². The predicted molar refractivity (Wildman–Crippen MR) is 93.2 cm³/mol. The topological polar surface area (TPSA) is 74.3 Å². The molecule has 1 heterocycles. The lowest BCUT2D eigenvalue weighted by Crippen LogP contribution is -2.37. The third-order valence-corrected chi connectivity index (χ3v) is 4.13. The monoisotopic (exact) mass is 324 g/mol. The molecule has 5 heteroatoms. The molecular weight excluding hydrogens is 304 g/mol. The summed E-state index contributed by atoms with van der Waals surface area (Å²) in [5.74, 6) is 0.516. The van der Waals surface area contributed by atoms with Gasteiger partial charge >= 0.3 is 0 Å². The molecule has 0 radical (unpaired) electrons. The van der Waals surface area contributed by atoms with E-state index in [2.05, 4.69) is 10.3 Å². The van der Waals surface area contributed by atoms with Crippen LogP contribution in [0, 0.1) is 0 Å². The fraction of sp³-hybridized carbons (Fsp3) is 0.211. The van der Waals surface area contributed by atoms with Gasteiger partial charge in [0.25, 0.3) is 5.91 Å². The van der Waals surface area contributed by atoms with Crippen LogP contribution in [0.1, 0.15) is 28.9 Å². The Morgan fingerprint density at radius 1 is 1.17 bits per heavy atom. The number of hydrogen-bond donors (Lipinski definition) is 3. The molecule has 0 saturated carbocycles. The maximum Gasteiger partial charge on any atom is 0.252 e. The third-order valence-electron chi connectivity index (χ3n) is 4.13. The summed E-state index contributed by atoms with van der Waals surface area (Å²) in [4.78, 5) is 15.6. The number of ether oxygens (including phenoxy) is 1. The van der Waals surface area contributed by atoms with Gasteiger partial charge in [0, 0.05) is 22.7 Å². The van der Waals surface area contributed by atoms with E-state index in [1.165, 1.54) is 0 Å². The molecule has 0 aliphatic carbocycles. The zero-order valence-electron chi connectivity index (χ0n) is 13.6. The average molecular weight is 324 g/mol. The van der Waals surface area contributed by atoms with Crippen LogP contribution < -0.4 is 10.1 Å². The van der Waals surface area contributed by atoms with Gasteiger partial charge in [-0.25, -0.2) is 0 Å². The van der Waals surface area contributed by atoms with Crippen LogP contribution in [0.25, 0.3) is 10.9 Å². The molecule has 0 fully saturated rings. The summed E-state index contributed by atoms with van der Waals surface area (Å²) in [6, 6.07) is 14.1. The first-order valence-electron chi connectivity index (χ1n) is 7.79.